The van der Waals surface area contributed by atoms with E-state index in [4.69, 9.17) is 11.6 Å². The van der Waals surface area contributed by atoms with Crippen molar-refractivity contribution in [2.45, 2.75) is 6.92 Å². The Morgan fingerprint density at radius 1 is 1.53 bits per heavy atom. The number of halogens is 1. The van der Waals surface area contributed by atoms with Gasteiger partial charge in [-0.2, -0.15) is 5.10 Å². The Kier molecular flexibility index (Phi) is 3.06. The van der Waals surface area contributed by atoms with E-state index in [1.165, 1.54) is 18.5 Å². The zero-order valence-corrected chi connectivity index (χ0v) is 10.1. The summed E-state index contributed by atoms with van der Waals surface area (Å²) in [5.41, 5.74) is 1.25. The van der Waals surface area contributed by atoms with Crippen molar-refractivity contribution in [1.29, 1.82) is 0 Å². The third kappa shape index (κ3) is 2.42. The number of aryl methyl sites for hydroxylation is 1. The lowest BCUT2D eigenvalue weighted by Gasteiger charge is -2.02. The SMILES string of the molecule is Cc1c(C(=O)Nc2nccc(Cl)n2)cnn1C. The summed E-state index contributed by atoms with van der Waals surface area (Å²) in [6.45, 7) is 1.81. The van der Waals surface area contributed by atoms with Crippen molar-refractivity contribution in [1.82, 2.24) is 19.7 Å². The normalized spacial score (nSPS) is 10.3. The van der Waals surface area contributed by atoms with Crippen LogP contribution in [0.3, 0.4) is 0 Å². The summed E-state index contributed by atoms with van der Waals surface area (Å²) in [6.07, 6.45) is 2.97. The first-order valence-electron chi connectivity index (χ1n) is 4.86. The van der Waals surface area contributed by atoms with E-state index in [9.17, 15) is 4.79 Å². The summed E-state index contributed by atoms with van der Waals surface area (Å²) < 4.78 is 1.62. The molecule has 7 heteroatoms. The van der Waals surface area contributed by atoms with Crippen molar-refractivity contribution < 1.29 is 4.79 Å². The molecule has 2 aromatic heterocycles. The molecule has 0 aliphatic rings. The van der Waals surface area contributed by atoms with Gasteiger partial charge in [0.2, 0.25) is 5.95 Å². The van der Waals surface area contributed by atoms with E-state index in [1.54, 1.807) is 18.7 Å². The van der Waals surface area contributed by atoms with E-state index in [2.05, 4.69) is 20.4 Å². The molecule has 0 aromatic carbocycles. The maximum absolute atomic E-state index is 11.9. The standard InChI is InChI=1S/C10H10ClN5O/c1-6-7(5-13-16(6)2)9(17)15-10-12-4-3-8(11)14-10/h3-5H,1-2H3,(H,12,14,15,17). The third-order valence-electron chi connectivity index (χ3n) is 2.33. The van der Waals surface area contributed by atoms with Crippen LogP contribution in [0.5, 0.6) is 0 Å². The predicted molar refractivity (Wildman–Crippen MR) is 62.9 cm³/mol. The number of nitrogens with one attached hydrogen (secondary N) is 1. The highest BCUT2D eigenvalue weighted by molar-refractivity contribution is 6.29. The topological polar surface area (TPSA) is 72.7 Å². The monoisotopic (exact) mass is 251 g/mol. The van der Waals surface area contributed by atoms with Crippen LogP contribution in [-0.2, 0) is 7.05 Å². The highest BCUT2D eigenvalue weighted by Crippen LogP contribution is 2.10. The van der Waals surface area contributed by atoms with Gasteiger partial charge in [0.1, 0.15) is 5.15 Å². The summed E-state index contributed by atoms with van der Waals surface area (Å²) in [4.78, 5) is 19.6. The van der Waals surface area contributed by atoms with Crippen LogP contribution in [0, 0.1) is 6.92 Å². The third-order valence-corrected chi connectivity index (χ3v) is 2.54. The minimum atomic E-state index is -0.308. The van der Waals surface area contributed by atoms with Gasteiger partial charge in [-0.05, 0) is 13.0 Å². The van der Waals surface area contributed by atoms with Gasteiger partial charge in [0.25, 0.3) is 5.91 Å². The van der Waals surface area contributed by atoms with Crippen molar-refractivity contribution >= 4 is 23.5 Å². The summed E-state index contributed by atoms with van der Waals surface area (Å²) in [5.74, 6) is -0.136. The molecule has 1 N–H and O–H groups in total. The number of nitrogens with zero attached hydrogens (tertiary/aromatic N) is 4. The number of carbonyl (C=O) groups excluding carboxylic acids is 1. The molecule has 0 atom stereocenters. The highest BCUT2D eigenvalue weighted by atomic mass is 35.5. The summed E-state index contributed by atoms with van der Waals surface area (Å²) in [5, 5.41) is 6.82. The van der Waals surface area contributed by atoms with E-state index in [0.29, 0.717) is 5.56 Å². The predicted octanol–water partition coefficient (Wildman–Crippen LogP) is 1.42. The number of hydrogen-bond donors (Lipinski definition) is 1. The van der Waals surface area contributed by atoms with Crippen molar-refractivity contribution in [2.75, 3.05) is 5.32 Å². The van der Waals surface area contributed by atoms with E-state index < -0.39 is 0 Å². The van der Waals surface area contributed by atoms with Gasteiger partial charge in [-0.1, -0.05) is 11.6 Å². The van der Waals surface area contributed by atoms with Gasteiger partial charge in [-0.3, -0.25) is 14.8 Å². The van der Waals surface area contributed by atoms with Crippen molar-refractivity contribution in [3.63, 3.8) is 0 Å². The number of aromatic nitrogens is 4. The van der Waals surface area contributed by atoms with Crippen LogP contribution in [0.15, 0.2) is 18.5 Å². The number of hydrogen-bond acceptors (Lipinski definition) is 4. The van der Waals surface area contributed by atoms with Crippen LogP contribution in [-0.4, -0.2) is 25.7 Å². The second-order valence-corrected chi connectivity index (χ2v) is 3.81. The lowest BCUT2D eigenvalue weighted by Crippen LogP contribution is -2.15. The molecular formula is C10H10ClN5O. The van der Waals surface area contributed by atoms with Gasteiger partial charge in [0.05, 0.1) is 11.8 Å². The van der Waals surface area contributed by atoms with Gasteiger partial charge >= 0.3 is 0 Å². The van der Waals surface area contributed by atoms with Crippen LogP contribution in [0.4, 0.5) is 5.95 Å². The zero-order valence-electron chi connectivity index (χ0n) is 9.31. The number of amides is 1. The quantitative estimate of drug-likeness (QED) is 0.820. The second-order valence-electron chi connectivity index (χ2n) is 3.42. The molecule has 6 nitrogen and oxygen atoms in total. The van der Waals surface area contributed by atoms with Gasteiger partial charge in [0.15, 0.2) is 0 Å². The van der Waals surface area contributed by atoms with E-state index in [-0.39, 0.29) is 17.0 Å². The van der Waals surface area contributed by atoms with Gasteiger partial charge in [0, 0.05) is 18.9 Å². The van der Waals surface area contributed by atoms with E-state index in [1.807, 2.05) is 0 Å². The lowest BCUT2D eigenvalue weighted by molar-refractivity contribution is 0.102. The smallest absolute Gasteiger partial charge is 0.261 e. The largest absolute Gasteiger partial charge is 0.290 e. The zero-order chi connectivity index (χ0) is 12.4. The van der Waals surface area contributed by atoms with Crippen molar-refractivity contribution in [2.24, 2.45) is 7.05 Å². The fraction of sp³-hybridized carbons (Fsp3) is 0.200. The average molecular weight is 252 g/mol. The first-order chi connectivity index (χ1) is 8.08. The van der Waals surface area contributed by atoms with Crippen LogP contribution in [0.2, 0.25) is 5.15 Å². The molecule has 0 saturated heterocycles. The molecule has 17 heavy (non-hydrogen) atoms. The summed E-state index contributed by atoms with van der Waals surface area (Å²) >= 11 is 5.69. The first kappa shape index (κ1) is 11.5. The number of anilines is 1. The Bertz CT molecular complexity index is 566. The molecule has 0 unspecified atom stereocenters. The molecule has 0 aliphatic heterocycles. The molecule has 2 rings (SSSR count). The lowest BCUT2D eigenvalue weighted by atomic mass is 10.2. The summed E-state index contributed by atoms with van der Waals surface area (Å²) in [6, 6.07) is 1.53. The Labute approximate surface area is 103 Å². The van der Waals surface area contributed by atoms with Gasteiger partial charge < -0.3 is 0 Å². The molecule has 1 amide bonds. The van der Waals surface area contributed by atoms with Crippen LogP contribution >= 0.6 is 11.6 Å². The van der Waals surface area contributed by atoms with E-state index in [0.717, 1.165) is 5.69 Å². The molecule has 0 radical (unpaired) electrons. The Morgan fingerprint density at radius 3 is 2.88 bits per heavy atom. The molecule has 0 spiro atoms. The molecular weight excluding hydrogens is 242 g/mol. The van der Waals surface area contributed by atoms with E-state index >= 15 is 0 Å². The maximum atomic E-state index is 11.9. The molecule has 2 aromatic rings. The molecule has 0 aliphatic carbocycles. The van der Waals surface area contributed by atoms with Crippen LogP contribution in [0.25, 0.3) is 0 Å². The van der Waals surface area contributed by atoms with Crippen LogP contribution < -0.4 is 5.32 Å². The Hall–Kier alpha value is -1.95. The minimum Gasteiger partial charge on any atom is -0.290 e. The molecule has 2 heterocycles. The fourth-order valence-electron chi connectivity index (χ4n) is 1.29. The van der Waals surface area contributed by atoms with Gasteiger partial charge in [-0.25, -0.2) is 9.97 Å². The fourth-order valence-corrected chi connectivity index (χ4v) is 1.42. The van der Waals surface area contributed by atoms with Crippen LogP contribution in [0.1, 0.15) is 16.1 Å². The summed E-state index contributed by atoms with van der Waals surface area (Å²) in [7, 11) is 1.77. The molecule has 0 saturated carbocycles. The molecule has 0 bridgehead atoms. The Morgan fingerprint density at radius 2 is 2.29 bits per heavy atom. The number of carbonyl (C=O) groups is 1. The van der Waals surface area contributed by atoms with Crippen molar-refractivity contribution in [3.05, 3.63) is 34.9 Å². The average Bonchev–Trinajstić information content (AvgIpc) is 2.60. The molecule has 0 fully saturated rings. The minimum absolute atomic E-state index is 0.172. The first-order valence-corrected chi connectivity index (χ1v) is 5.24. The molecule has 88 valence electrons. The Balaban J connectivity index is 2.20. The highest BCUT2D eigenvalue weighted by Gasteiger charge is 2.13. The maximum Gasteiger partial charge on any atom is 0.261 e. The number of rotatable bonds is 2. The van der Waals surface area contributed by atoms with Crippen molar-refractivity contribution in [3.8, 4) is 0 Å². The van der Waals surface area contributed by atoms with Gasteiger partial charge in [-0.15, -0.1) is 0 Å². The second kappa shape index (κ2) is 4.50.